The lowest BCUT2D eigenvalue weighted by atomic mass is 10.0. The van der Waals surface area contributed by atoms with Crippen LogP contribution in [0.25, 0.3) is 6.08 Å². The Labute approximate surface area is 169 Å². The van der Waals surface area contributed by atoms with E-state index in [1.165, 1.54) is 18.9 Å². The molecule has 1 aliphatic rings. The normalized spacial score (nSPS) is 17.4. The molecule has 1 fully saturated rings. The molecule has 0 spiro atoms. The van der Waals surface area contributed by atoms with Gasteiger partial charge in [0.25, 0.3) is 0 Å². The lowest BCUT2D eigenvalue weighted by molar-refractivity contribution is -0.141. The van der Waals surface area contributed by atoms with E-state index in [1.54, 1.807) is 17.1 Å². The zero-order chi connectivity index (χ0) is 20.1. The number of carbonyl (C=O) groups is 2. The van der Waals surface area contributed by atoms with E-state index in [4.69, 9.17) is 4.74 Å². The number of rotatable bonds is 5. The van der Waals surface area contributed by atoms with Crippen LogP contribution in [0.4, 0.5) is 0 Å². The quantitative estimate of drug-likeness (QED) is 0.421. The number of thioether (sulfide) groups is 1. The first-order valence-corrected chi connectivity index (χ1v) is 10.1. The van der Waals surface area contributed by atoms with Crippen molar-refractivity contribution in [3.8, 4) is 0 Å². The minimum Gasteiger partial charge on any atom is -0.464 e. The Morgan fingerprint density at radius 1 is 1.18 bits per heavy atom. The second-order valence-corrected chi connectivity index (χ2v) is 7.67. The van der Waals surface area contributed by atoms with Gasteiger partial charge in [-0.25, -0.2) is 4.79 Å². The number of hydrogen-bond donors (Lipinski definition) is 0. The number of hydrogen-bond acceptors (Lipinski definition) is 4. The largest absolute Gasteiger partial charge is 0.464 e. The molecule has 28 heavy (non-hydrogen) atoms. The van der Waals surface area contributed by atoms with Crippen molar-refractivity contribution in [3.05, 3.63) is 88.6 Å². The molecule has 1 unspecified atom stereocenters. The third-order valence-electron chi connectivity index (χ3n) is 4.57. The zero-order valence-corrected chi connectivity index (χ0v) is 17.0. The first-order valence-electron chi connectivity index (χ1n) is 9.04. The van der Waals surface area contributed by atoms with Gasteiger partial charge in [-0.15, -0.1) is 11.8 Å². The van der Waals surface area contributed by atoms with E-state index in [1.807, 2.05) is 62.4 Å². The predicted molar refractivity (Wildman–Crippen MR) is 114 cm³/mol. The standard InChI is InChI=1S/C23H23NO3S/c1-16-12-13-17(2)19(14-16)22-24(21(25)15-28-22)20(23(26)27-3)11-7-10-18-8-5-4-6-9-18/h4-14,22H,15H2,1-3H3/b10-7+,20-11+. The van der Waals surface area contributed by atoms with E-state index in [9.17, 15) is 9.59 Å². The van der Waals surface area contributed by atoms with Gasteiger partial charge in [-0.05, 0) is 36.6 Å². The number of aryl methyl sites for hydroxylation is 2. The van der Waals surface area contributed by atoms with Crippen molar-refractivity contribution in [1.82, 2.24) is 4.90 Å². The summed E-state index contributed by atoms with van der Waals surface area (Å²) in [6.45, 7) is 4.04. The van der Waals surface area contributed by atoms with Crippen LogP contribution in [0.1, 0.15) is 27.6 Å². The molecule has 0 radical (unpaired) electrons. The number of ether oxygens (including phenoxy) is 1. The molecule has 0 aliphatic carbocycles. The van der Waals surface area contributed by atoms with E-state index in [0.717, 1.165) is 22.3 Å². The highest BCUT2D eigenvalue weighted by molar-refractivity contribution is 8.00. The van der Waals surface area contributed by atoms with Gasteiger partial charge in [-0.1, -0.05) is 66.2 Å². The van der Waals surface area contributed by atoms with Crippen molar-refractivity contribution in [3.63, 3.8) is 0 Å². The van der Waals surface area contributed by atoms with Crippen molar-refractivity contribution in [1.29, 1.82) is 0 Å². The fraction of sp³-hybridized carbons (Fsp3) is 0.217. The van der Waals surface area contributed by atoms with E-state index < -0.39 is 5.97 Å². The SMILES string of the molecule is COC(=O)/C(=C\C=C\c1ccccc1)N1C(=O)CSC1c1cc(C)ccc1C. The molecular formula is C23H23NO3S. The second kappa shape index (κ2) is 8.93. The van der Waals surface area contributed by atoms with Crippen molar-refractivity contribution < 1.29 is 14.3 Å². The van der Waals surface area contributed by atoms with Crippen LogP contribution in [0.3, 0.4) is 0 Å². The highest BCUT2D eigenvalue weighted by atomic mass is 32.2. The summed E-state index contributed by atoms with van der Waals surface area (Å²) in [5.41, 5.74) is 4.50. The smallest absolute Gasteiger partial charge is 0.354 e. The molecule has 4 nitrogen and oxygen atoms in total. The predicted octanol–water partition coefficient (Wildman–Crippen LogP) is 4.65. The Balaban J connectivity index is 1.98. The van der Waals surface area contributed by atoms with Crippen LogP contribution >= 0.6 is 11.8 Å². The molecule has 0 saturated carbocycles. The Kier molecular flexibility index (Phi) is 6.37. The number of carbonyl (C=O) groups excluding carboxylic acids is 2. The van der Waals surface area contributed by atoms with Crippen molar-refractivity contribution >= 4 is 29.7 Å². The van der Waals surface area contributed by atoms with Gasteiger partial charge in [0.05, 0.1) is 12.9 Å². The van der Waals surface area contributed by atoms with Crippen molar-refractivity contribution in [2.24, 2.45) is 0 Å². The van der Waals surface area contributed by atoms with Crippen LogP contribution in [-0.2, 0) is 14.3 Å². The lowest BCUT2D eigenvalue weighted by Gasteiger charge is -2.26. The van der Waals surface area contributed by atoms with E-state index in [2.05, 4.69) is 6.07 Å². The molecule has 144 valence electrons. The lowest BCUT2D eigenvalue weighted by Crippen LogP contribution is -2.32. The Hall–Kier alpha value is -2.79. The average molecular weight is 394 g/mol. The van der Waals surface area contributed by atoms with Crippen LogP contribution in [0.5, 0.6) is 0 Å². The Bertz CT molecular complexity index is 934. The fourth-order valence-corrected chi connectivity index (χ4v) is 4.36. The Morgan fingerprint density at radius 2 is 1.93 bits per heavy atom. The summed E-state index contributed by atoms with van der Waals surface area (Å²) in [7, 11) is 1.33. The third kappa shape index (κ3) is 4.37. The highest BCUT2D eigenvalue weighted by Gasteiger charge is 2.38. The van der Waals surface area contributed by atoms with Gasteiger partial charge in [-0.3, -0.25) is 9.69 Å². The van der Waals surface area contributed by atoms with Crippen molar-refractivity contribution in [2.45, 2.75) is 19.2 Å². The Morgan fingerprint density at radius 3 is 2.64 bits per heavy atom. The van der Waals surface area contributed by atoms with Gasteiger partial charge in [0.1, 0.15) is 11.1 Å². The van der Waals surface area contributed by atoms with Crippen LogP contribution in [-0.4, -0.2) is 29.6 Å². The molecule has 0 bridgehead atoms. The summed E-state index contributed by atoms with van der Waals surface area (Å²) in [5.74, 6) is -0.293. The average Bonchev–Trinajstić information content (AvgIpc) is 3.08. The van der Waals surface area contributed by atoms with Gasteiger partial charge < -0.3 is 4.74 Å². The summed E-state index contributed by atoms with van der Waals surface area (Å²) in [5, 5.41) is -0.247. The highest BCUT2D eigenvalue weighted by Crippen LogP contribution is 2.42. The molecule has 1 aliphatic heterocycles. The maximum absolute atomic E-state index is 12.7. The number of amides is 1. The number of methoxy groups -OCH3 is 1. The maximum Gasteiger partial charge on any atom is 0.354 e. The molecular weight excluding hydrogens is 370 g/mol. The number of benzene rings is 2. The number of allylic oxidation sites excluding steroid dienone is 2. The minimum atomic E-state index is -0.524. The minimum absolute atomic E-state index is 0.0966. The summed E-state index contributed by atoms with van der Waals surface area (Å²) in [6, 6.07) is 15.9. The van der Waals surface area contributed by atoms with Gasteiger partial charge >= 0.3 is 5.97 Å². The summed E-state index contributed by atoms with van der Waals surface area (Å²) in [6.07, 6.45) is 5.32. The van der Waals surface area contributed by atoms with Crippen LogP contribution in [0.15, 0.2) is 66.4 Å². The molecule has 0 N–H and O–H groups in total. The summed E-state index contributed by atoms with van der Waals surface area (Å²) >= 11 is 1.52. The van der Waals surface area contributed by atoms with Crippen LogP contribution < -0.4 is 0 Å². The van der Waals surface area contributed by atoms with E-state index >= 15 is 0 Å². The van der Waals surface area contributed by atoms with Gasteiger partial charge in [0, 0.05) is 0 Å². The third-order valence-corrected chi connectivity index (χ3v) is 5.76. The van der Waals surface area contributed by atoms with Gasteiger partial charge in [0.2, 0.25) is 5.91 Å². The topological polar surface area (TPSA) is 46.6 Å². The fourth-order valence-electron chi connectivity index (χ4n) is 3.11. The van der Waals surface area contributed by atoms with Crippen LogP contribution in [0, 0.1) is 13.8 Å². The van der Waals surface area contributed by atoms with Crippen molar-refractivity contribution in [2.75, 3.05) is 12.9 Å². The first kappa shape index (κ1) is 20.0. The molecule has 2 aromatic rings. The monoisotopic (exact) mass is 393 g/mol. The van der Waals surface area contributed by atoms with E-state index in [-0.39, 0.29) is 17.0 Å². The van der Waals surface area contributed by atoms with Gasteiger partial charge in [-0.2, -0.15) is 0 Å². The maximum atomic E-state index is 12.7. The molecule has 1 heterocycles. The molecule has 1 amide bonds. The first-order chi connectivity index (χ1) is 13.5. The van der Waals surface area contributed by atoms with Gasteiger partial charge in [0.15, 0.2) is 0 Å². The molecule has 5 heteroatoms. The van der Waals surface area contributed by atoms with E-state index in [0.29, 0.717) is 5.75 Å². The molecule has 2 aromatic carbocycles. The van der Waals surface area contributed by atoms with Crippen LogP contribution in [0.2, 0.25) is 0 Å². The summed E-state index contributed by atoms with van der Waals surface area (Å²) < 4.78 is 4.97. The molecule has 1 saturated heterocycles. The number of nitrogens with zero attached hydrogens (tertiary/aromatic N) is 1. The number of esters is 1. The molecule has 0 aromatic heterocycles. The summed E-state index contributed by atoms with van der Waals surface area (Å²) in [4.78, 5) is 26.7. The molecule has 1 atom stereocenters. The zero-order valence-electron chi connectivity index (χ0n) is 16.2. The molecule has 3 rings (SSSR count). The second-order valence-electron chi connectivity index (χ2n) is 6.60.